The number of nitrogens with zero attached hydrogens (tertiary/aromatic N) is 3. The third-order valence-corrected chi connectivity index (χ3v) is 4.14. The lowest BCUT2D eigenvalue weighted by Crippen LogP contribution is -2.50. The largest absolute Gasteiger partial charge is 0.405 e. The number of alkyl halides is 3. The van der Waals surface area contributed by atoms with E-state index in [0.717, 1.165) is 6.20 Å². The van der Waals surface area contributed by atoms with Gasteiger partial charge in [0.1, 0.15) is 17.7 Å². The van der Waals surface area contributed by atoms with Gasteiger partial charge in [-0.3, -0.25) is 4.79 Å². The quantitative estimate of drug-likeness (QED) is 0.479. The third-order valence-electron chi connectivity index (χ3n) is 3.93. The molecule has 0 aromatic carbocycles. The Morgan fingerprint density at radius 1 is 1.19 bits per heavy atom. The minimum Gasteiger partial charge on any atom is -0.354 e. The molecule has 3 N–H and O–H groups in total. The highest BCUT2D eigenvalue weighted by atomic mass is 35.5. The van der Waals surface area contributed by atoms with Crippen LogP contribution in [0.2, 0.25) is 5.02 Å². The van der Waals surface area contributed by atoms with Crippen LogP contribution in [0.4, 0.5) is 23.4 Å². The lowest BCUT2D eigenvalue weighted by Gasteiger charge is -2.26. The molecule has 0 aliphatic rings. The predicted octanol–water partition coefficient (Wildman–Crippen LogP) is 4.71. The number of aromatic nitrogens is 4. The van der Waals surface area contributed by atoms with Gasteiger partial charge in [0.2, 0.25) is 5.91 Å². The Bertz CT molecular complexity index is 1070. The highest BCUT2D eigenvalue weighted by Crippen LogP contribution is 2.28. The molecule has 3 rings (SSSR count). The molecule has 0 bridgehead atoms. The molecule has 0 unspecified atom stereocenters. The molecular formula is C19H21ClF4N6O. The average Bonchev–Trinajstić information content (AvgIpc) is 3.11. The van der Waals surface area contributed by atoms with Gasteiger partial charge >= 0.3 is 6.18 Å². The van der Waals surface area contributed by atoms with Crippen LogP contribution >= 0.6 is 11.6 Å². The van der Waals surface area contributed by atoms with E-state index < -0.39 is 30.0 Å². The summed E-state index contributed by atoms with van der Waals surface area (Å²) < 4.78 is 51.2. The molecule has 12 heteroatoms. The van der Waals surface area contributed by atoms with Crippen LogP contribution in [0, 0.1) is 5.82 Å². The molecule has 0 fully saturated rings. The number of carbonyl (C=O) groups is 1. The summed E-state index contributed by atoms with van der Waals surface area (Å²) in [7, 11) is 0. The zero-order valence-electron chi connectivity index (χ0n) is 17.2. The van der Waals surface area contributed by atoms with Crippen molar-refractivity contribution in [2.24, 2.45) is 0 Å². The number of carbonyl (C=O) groups excluding carboxylic acids is 1. The van der Waals surface area contributed by atoms with Crippen LogP contribution in [0.1, 0.15) is 27.7 Å². The van der Waals surface area contributed by atoms with E-state index >= 15 is 0 Å². The van der Waals surface area contributed by atoms with E-state index in [1.807, 2.05) is 13.8 Å². The van der Waals surface area contributed by atoms with Crippen molar-refractivity contribution in [1.29, 1.82) is 0 Å². The second kappa shape index (κ2) is 9.46. The maximum Gasteiger partial charge on any atom is 0.405 e. The lowest BCUT2D eigenvalue weighted by atomic mass is 10.0. The Kier molecular flexibility index (Phi) is 7.42. The lowest BCUT2D eigenvalue weighted by molar-refractivity contribution is -0.140. The number of rotatable bonds is 5. The van der Waals surface area contributed by atoms with Crippen molar-refractivity contribution in [3.8, 4) is 11.4 Å². The summed E-state index contributed by atoms with van der Waals surface area (Å²) in [4.78, 5) is 27.1. The summed E-state index contributed by atoms with van der Waals surface area (Å²) in [6, 6.07) is 1.63. The summed E-state index contributed by atoms with van der Waals surface area (Å²) in [5.41, 5.74) is -0.584. The SMILES string of the molecule is CC.CC(C)(Nc1nc(-c2c[nH]c3ncc(Cl)cc23)ncc1F)C(=O)NCC(F)(F)F. The number of H-pyrrole nitrogens is 1. The maximum atomic E-state index is 14.2. The van der Waals surface area contributed by atoms with Crippen molar-refractivity contribution in [3.05, 3.63) is 35.5 Å². The number of aromatic amines is 1. The number of hydrogen-bond donors (Lipinski definition) is 3. The fraction of sp³-hybridized carbons (Fsp3) is 0.368. The molecule has 7 nitrogen and oxygen atoms in total. The smallest absolute Gasteiger partial charge is 0.354 e. The fourth-order valence-corrected chi connectivity index (χ4v) is 2.66. The van der Waals surface area contributed by atoms with Crippen LogP contribution in [0.5, 0.6) is 0 Å². The van der Waals surface area contributed by atoms with E-state index in [-0.39, 0.29) is 11.6 Å². The second-order valence-corrected chi connectivity index (χ2v) is 7.13. The molecule has 168 valence electrons. The number of nitrogens with one attached hydrogen (secondary N) is 3. The predicted molar refractivity (Wildman–Crippen MR) is 110 cm³/mol. The second-order valence-electron chi connectivity index (χ2n) is 6.69. The van der Waals surface area contributed by atoms with Gasteiger partial charge in [-0.15, -0.1) is 0 Å². The van der Waals surface area contributed by atoms with Crippen molar-refractivity contribution in [2.45, 2.75) is 39.4 Å². The van der Waals surface area contributed by atoms with Crippen molar-refractivity contribution in [3.63, 3.8) is 0 Å². The van der Waals surface area contributed by atoms with Gasteiger partial charge in [-0.1, -0.05) is 25.4 Å². The van der Waals surface area contributed by atoms with Gasteiger partial charge in [0.05, 0.1) is 11.2 Å². The van der Waals surface area contributed by atoms with E-state index in [9.17, 15) is 22.4 Å². The van der Waals surface area contributed by atoms with Gasteiger partial charge in [0, 0.05) is 23.3 Å². The molecule has 3 heterocycles. The molecule has 0 radical (unpaired) electrons. The number of amides is 1. The van der Waals surface area contributed by atoms with Gasteiger partial charge in [-0.05, 0) is 19.9 Å². The number of hydrogen-bond acceptors (Lipinski definition) is 5. The van der Waals surface area contributed by atoms with Gasteiger partial charge in [-0.2, -0.15) is 13.2 Å². The summed E-state index contributed by atoms with van der Waals surface area (Å²) in [6.07, 6.45) is -0.661. The molecule has 0 aliphatic heterocycles. The Morgan fingerprint density at radius 2 is 1.87 bits per heavy atom. The van der Waals surface area contributed by atoms with E-state index in [1.165, 1.54) is 20.0 Å². The van der Waals surface area contributed by atoms with Crippen molar-refractivity contribution < 1.29 is 22.4 Å². The first-order chi connectivity index (χ1) is 14.5. The monoisotopic (exact) mass is 460 g/mol. The molecule has 1 amide bonds. The highest BCUT2D eigenvalue weighted by Gasteiger charge is 2.34. The molecule has 0 saturated carbocycles. The molecule has 0 spiro atoms. The molecule has 3 aromatic rings. The standard InChI is InChI=1S/C17H15ClF4N6O.C2H6/c1-16(2,15(29)26-7-17(20,21)22)28-14-11(19)6-25-13(27-14)10-5-24-12-9(10)3-8(18)4-23-12;1-2/h3-6H,7H2,1-2H3,(H,23,24)(H,26,29)(H,25,27,28);1-2H3. The zero-order chi connectivity index (χ0) is 23.4. The van der Waals surface area contributed by atoms with Crippen LogP contribution in [-0.4, -0.2) is 44.1 Å². The highest BCUT2D eigenvalue weighted by molar-refractivity contribution is 6.31. The van der Waals surface area contributed by atoms with Crippen molar-refractivity contribution >= 4 is 34.4 Å². The van der Waals surface area contributed by atoms with Gasteiger partial charge in [-0.25, -0.2) is 19.3 Å². The topological polar surface area (TPSA) is 95.6 Å². The number of anilines is 1. The molecule has 31 heavy (non-hydrogen) atoms. The maximum absolute atomic E-state index is 14.2. The van der Waals surface area contributed by atoms with Crippen LogP contribution in [0.15, 0.2) is 24.7 Å². The normalized spacial score (nSPS) is 11.6. The van der Waals surface area contributed by atoms with Gasteiger partial charge in [0.25, 0.3) is 0 Å². The van der Waals surface area contributed by atoms with Crippen LogP contribution < -0.4 is 10.6 Å². The van der Waals surface area contributed by atoms with Crippen LogP contribution in [-0.2, 0) is 4.79 Å². The molecule has 3 aromatic heterocycles. The zero-order valence-corrected chi connectivity index (χ0v) is 17.9. The van der Waals surface area contributed by atoms with Gasteiger partial charge in [0.15, 0.2) is 17.5 Å². The average molecular weight is 461 g/mol. The number of halogens is 5. The molecule has 0 aliphatic carbocycles. The van der Waals surface area contributed by atoms with Crippen LogP contribution in [0.25, 0.3) is 22.4 Å². The van der Waals surface area contributed by atoms with Gasteiger partial charge < -0.3 is 15.6 Å². The van der Waals surface area contributed by atoms with Crippen molar-refractivity contribution in [2.75, 3.05) is 11.9 Å². The van der Waals surface area contributed by atoms with Crippen molar-refractivity contribution in [1.82, 2.24) is 25.3 Å². The first-order valence-corrected chi connectivity index (χ1v) is 9.63. The third kappa shape index (κ3) is 6.03. The Labute approximate surface area is 180 Å². The minimum absolute atomic E-state index is 0.107. The van der Waals surface area contributed by atoms with E-state index in [2.05, 4.69) is 25.3 Å². The van der Waals surface area contributed by atoms with E-state index in [0.29, 0.717) is 21.6 Å². The van der Waals surface area contributed by atoms with E-state index in [4.69, 9.17) is 11.6 Å². The Hall–Kier alpha value is -2.95. The van der Waals surface area contributed by atoms with E-state index in [1.54, 1.807) is 17.6 Å². The molecule has 0 saturated heterocycles. The Morgan fingerprint density at radius 3 is 2.52 bits per heavy atom. The first-order valence-electron chi connectivity index (χ1n) is 9.25. The molecule has 0 atom stereocenters. The van der Waals surface area contributed by atoms with Crippen LogP contribution in [0.3, 0.4) is 0 Å². The number of pyridine rings is 1. The summed E-state index contributed by atoms with van der Waals surface area (Å²) in [6.45, 7) is 5.10. The number of fused-ring (bicyclic) bond motifs is 1. The fourth-order valence-electron chi connectivity index (χ4n) is 2.50. The molecular weight excluding hydrogens is 440 g/mol. The first kappa shape index (κ1) is 24.3. The summed E-state index contributed by atoms with van der Waals surface area (Å²) >= 11 is 5.96. The summed E-state index contributed by atoms with van der Waals surface area (Å²) in [5, 5.41) is 5.25. The Balaban J connectivity index is 0.00000166. The minimum atomic E-state index is -4.57. The summed E-state index contributed by atoms with van der Waals surface area (Å²) in [5.74, 6) is -2.08.